The summed E-state index contributed by atoms with van der Waals surface area (Å²) in [4.78, 5) is 37.3. The van der Waals surface area contributed by atoms with Crippen LogP contribution in [-0.2, 0) is 33.3 Å². The predicted molar refractivity (Wildman–Crippen MR) is 138 cm³/mol. The third kappa shape index (κ3) is 6.59. The van der Waals surface area contributed by atoms with Gasteiger partial charge in [-0.3, -0.25) is 0 Å². The molecule has 1 heterocycles. The lowest BCUT2D eigenvalue weighted by atomic mass is 9.98. The van der Waals surface area contributed by atoms with Crippen LogP contribution in [0.5, 0.6) is 0 Å². The van der Waals surface area contributed by atoms with Gasteiger partial charge in [0.05, 0.1) is 13.7 Å². The average Bonchev–Trinajstić information content (AvgIpc) is 3.52. The maximum absolute atomic E-state index is 12.8. The third-order valence-electron chi connectivity index (χ3n) is 6.54. The molecule has 1 aliphatic carbocycles. The number of carbonyl (C=O) groups is 3. The molecule has 1 unspecified atom stereocenters. The third-order valence-corrected chi connectivity index (χ3v) is 6.54. The zero-order valence-corrected chi connectivity index (χ0v) is 21.8. The van der Waals surface area contributed by atoms with Crippen molar-refractivity contribution in [1.29, 1.82) is 0 Å². The van der Waals surface area contributed by atoms with Crippen molar-refractivity contribution in [3.8, 4) is 11.1 Å². The molecular formula is C29H33NO8. The minimum absolute atomic E-state index is 0.0623. The first-order valence-electron chi connectivity index (χ1n) is 12.6. The van der Waals surface area contributed by atoms with Gasteiger partial charge in [-0.15, -0.1) is 0 Å². The molecule has 2 aliphatic rings. The molecule has 0 bridgehead atoms. The fourth-order valence-corrected chi connectivity index (χ4v) is 4.59. The molecular weight excluding hydrogens is 490 g/mol. The van der Waals surface area contributed by atoms with E-state index in [1.807, 2.05) is 50.2 Å². The van der Waals surface area contributed by atoms with Crippen molar-refractivity contribution in [3.63, 3.8) is 0 Å². The number of ether oxygens (including phenoxy) is 5. The summed E-state index contributed by atoms with van der Waals surface area (Å²) in [6.45, 7) is 4.06. The van der Waals surface area contributed by atoms with Crippen molar-refractivity contribution in [2.45, 2.75) is 51.0 Å². The Hall–Kier alpha value is -3.69. The van der Waals surface area contributed by atoms with Crippen LogP contribution >= 0.6 is 0 Å². The Morgan fingerprint density at radius 1 is 1.03 bits per heavy atom. The number of esters is 2. The van der Waals surface area contributed by atoms with Crippen molar-refractivity contribution >= 4 is 18.0 Å². The van der Waals surface area contributed by atoms with Crippen LogP contribution in [0.4, 0.5) is 4.79 Å². The van der Waals surface area contributed by atoms with Gasteiger partial charge in [0, 0.05) is 12.3 Å². The molecule has 9 nitrogen and oxygen atoms in total. The van der Waals surface area contributed by atoms with Gasteiger partial charge in [0.1, 0.15) is 19.3 Å². The van der Waals surface area contributed by atoms with Gasteiger partial charge in [0.25, 0.3) is 0 Å². The van der Waals surface area contributed by atoms with Gasteiger partial charge in [0.15, 0.2) is 12.4 Å². The van der Waals surface area contributed by atoms with E-state index in [0.717, 1.165) is 27.8 Å². The highest BCUT2D eigenvalue weighted by molar-refractivity contribution is 5.82. The number of nitrogens with one attached hydrogen (secondary N) is 1. The first-order valence-corrected chi connectivity index (χ1v) is 12.6. The molecule has 3 atom stereocenters. The SMILES string of the molecule is COC(=O)[C@@H]1COC(CC[C@H](NC(=O)OCC2c3ccccc3-c3ccccc32)C(=O)OCC=C(C)C)O1. The first-order chi connectivity index (χ1) is 18.4. The average molecular weight is 524 g/mol. The van der Waals surface area contributed by atoms with Crippen LogP contribution < -0.4 is 5.32 Å². The second-order valence-corrected chi connectivity index (χ2v) is 9.42. The highest BCUT2D eigenvalue weighted by atomic mass is 16.7. The van der Waals surface area contributed by atoms with E-state index in [4.69, 9.17) is 18.9 Å². The highest BCUT2D eigenvalue weighted by Gasteiger charge is 2.34. The van der Waals surface area contributed by atoms with E-state index in [0.29, 0.717) is 0 Å². The van der Waals surface area contributed by atoms with Crippen LogP contribution in [0, 0.1) is 0 Å². The zero-order chi connectivity index (χ0) is 27.1. The molecule has 0 spiro atoms. The predicted octanol–water partition coefficient (Wildman–Crippen LogP) is 4.10. The lowest BCUT2D eigenvalue weighted by Gasteiger charge is -2.20. The second-order valence-electron chi connectivity index (χ2n) is 9.42. The molecule has 1 aliphatic heterocycles. The molecule has 4 rings (SSSR count). The van der Waals surface area contributed by atoms with E-state index in [2.05, 4.69) is 22.2 Å². The molecule has 202 valence electrons. The van der Waals surface area contributed by atoms with Crippen LogP contribution in [-0.4, -0.2) is 63.4 Å². The molecule has 1 amide bonds. The van der Waals surface area contributed by atoms with E-state index in [9.17, 15) is 14.4 Å². The molecule has 38 heavy (non-hydrogen) atoms. The van der Waals surface area contributed by atoms with E-state index in [1.165, 1.54) is 7.11 Å². The number of alkyl carbamates (subject to hydrolysis) is 1. The Labute approximate surface area is 222 Å². The van der Waals surface area contributed by atoms with Gasteiger partial charge in [-0.05, 0) is 48.6 Å². The first kappa shape index (κ1) is 27.3. The zero-order valence-electron chi connectivity index (χ0n) is 21.8. The van der Waals surface area contributed by atoms with Crippen molar-refractivity contribution in [2.75, 3.05) is 26.9 Å². The Morgan fingerprint density at radius 3 is 2.32 bits per heavy atom. The van der Waals surface area contributed by atoms with Crippen molar-refractivity contribution in [3.05, 3.63) is 71.3 Å². The normalized spacial score (nSPS) is 18.6. The van der Waals surface area contributed by atoms with Crippen molar-refractivity contribution in [1.82, 2.24) is 5.32 Å². The van der Waals surface area contributed by atoms with Crippen LogP contribution in [0.1, 0.15) is 43.7 Å². The topological polar surface area (TPSA) is 109 Å². The highest BCUT2D eigenvalue weighted by Crippen LogP contribution is 2.44. The van der Waals surface area contributed by atoms with Crippen LogP contribution in [0.25, 0.3) is 11.1 Å². The summed E-state index contributed by atoms with van der Waals surface area (Å²) in [5.41, 5.74) is 5.43. The number of allylic oxidation sites excluding steroid dienone is 1. The Morgan fingerprint density at radius 2 is 1.68 bits per heavy atom. The number of amides is 1. The largest absolute Gasteiger partial charge is 0.467 e. The van der Waals surface area contributed by atoms with Gasteiger partial charge >= 0.3 is 18.0 Å². The van der Waals surface area contributed by atoms with Gasteiger partial charge < -0.3 is 29.0 Å². The molecule has 9 heteroatoms. The smallest absolute Gasteiger partial charge is 0.407 e. The van der Waals surface area contributed by atoms with Crippen LogP contribution in [0.15, 0.2) is 60.2 Å². The van der Waals surface area contributed by atoms with E-state index >= 15 is 0 Å². The van der Waals surface area contributed by atoms with Gasteiger partial charge in [0.2, 0.25) is 0 Å². The number of hydrogen-bond donors (Lipinski definition) is 1. The summed E-state index contributed by atoms with van der Waals surface area (Å²) in [7, 11) is 1.27. The molecule has 0 saturated carbocycles. The quantitative estimate of drug-likeness (QED) is 0.282. The molecule has 1 saturated heterocycles. The van der Waals surface area contributed by atoms with Crippen LogP contribution in [0.2, 0.25) is 0 Å². The Bertz CT molecular complexity index is 1140. The van der Waals surface area contributed by atoms with E-state index in [-0.39, 0.29) is 38.6 Å². The lowest BCUT2D eigenvalue weighted by molar-refractivity contribution is -0.155. The number of fused-ring (bicyclic) bond motifs is 3. The Balaban J connectivity index is 1.37. The summed E-state index contributed by atoms with van der Waals surface area (Å²) >= 11 is 0. The lowest BCUT2D eigenvalue weighted by Crippen LogP contribution is -2.43. The summed E-state index contributed by atoms with van der Waals surface area (Å²) in [5, 5.41) is 2.64. The van der Waals surface area contributed by atoms with Crippen molar-refractivity contribution in [2.24, 2.45) is 0 Å². The number of benzene rings is 2. The molecule has 2 aromatic carbocycles. The number of methoxy groups -OCH3 is 1. The molecule has 1 fully saturated rings. The number of rotatable bonds is 10. The van der Waals surface area contributed by atoms with Gasteiger partial charge in [-0.1, -0.05) is 54.1 Å². The monoisotopic (exact) mass is 523 g/mol. The Kier molecular flexibility index (Phi) is 9.15. The van der Waals surface area contributed by atoms with Crippen molar-refractivity contribution < 1.29 is 38.1 Å². The summed E-state index contributed by atoms with van der Waals surface area (Å²) in [6.07, 6.45) is -0.0704. The molecule has 1 N–H and O–H groups in total. The fourth-order valence-electron chi connectivity index (χ4n) is 4.59. The van der Waals surface area contributed by atoms with Crippen LogP contribution in [0.3, 0.4) is 0 Å². The van der Waals surface area contributed by atoms with E-state index in [1.54, 1.807) is 6.08 Å². The molecule has 0 radical (unpaired) electrons. The number of carbonyl (C=O) groups excluding carboxylic acids is 3. The standard InChI is InChI=1S/C29H33NO8/c1-18(2)14-15-35-27(31)24(12-13-26-36-17-25(38-26)28(32)34-3)30-29(33)37-16-23-21-10-6-4-8-19(21)20-9-5-7-11-22(20)23/h4-11,14,23-26H,12-13,15-17H2,1-3H3,(H,30,33)/t24-,25-,26?/m0/s1. The van der Waals surface area contributed by atoms with Gasteiger partial charge in [-0.2, -0.15) is 0 Å². The fraction of sp³-hybridized carbons (Fsp3) is 0.414. The summed E-state index contributed by atoms with van der Waals surface area (Å²) < 4.78 is 26.7. The number of hydrogen-bond acceptors (Lipinski definition) is 8. The summed E-state index contributed by atoms with van der Waals surface area (Å²) in [5.74, 6) is -1.23. The maximum Gasteiger partial charge on any atom is 0.407 e. The molecule has 0 aromatic heterocycles. The minimum atomic E-state index is -0.986. The molecule has 2 aromatic rings. The second kappa shape index (κ2) is 12.7. The van der Waals surface area contributed by atoms with E-state index < -0.39 is 36.5 Å². The minimum Gasteiger partial charge on any atom is -0.467 e. The summed E-state index contributed by atoms with van der Waals surface area (Å²) in [6, 6.07) is 15.1. The van der Waals surface area contributed by atoms with Gasteiger partial charge in [-0.25, -0.2) is 14.4 Å². The maximum atomic E-state index is 12.8.